The Bertz CT molecular complexity index is 597. The van der Waals surface area contributed by atoms with E-state index in [1.54, 1.807) is 0 Å². The molecule has 2 aromatic carbocycles. The van der Waals surface area contributed by atoms with Gasteiger partial charge < -0.3 is 15.4 Å². The number of carbonyl (C=O) groups is 1. The van der Waals surface area contributed by atoms with Crippen LogP contribution in [0.15, 0.2) is 54.6 Å². The first-order valence-corrected chi connectivity index (χ1v) is 7.49. The van der Waals surface area contributed by atoms with Gasteiger partial charge in [0.2, 0.25) is 0 Å². The minimum absolute atomic E-state index is 0.0593. The molecule has 0 aromatic heterocycles. The van der Waals surface area contributed by atoms with E-state index in [0.717, 1.165) is 6.42 Å². The lowest BCUT2D eigenvalue weighted by Gasteiger charge is -2.15. The number of urea groups is 1. The quantitative estimate of drug-likeness (QED) is 0.851. The molecule has 0 saturated heterocycles. The second kappa shape index (κ2) is 8.08. The Morgan fingerprint density at radius 1 is 1.05 bits per heavy atom. The molecule has 0 spiro atoms. The summed E-state index contributed by atoms with van der Waals surface area (Å²) in [7, 11) is 0. The van der Waals surface area contributed by atoms with E-state index in [-0.39, 0.29) is 12.1 Å². The summed E-state index contributed by atoms with van der Waals surface area (Å²) in [6.45, 7) is 4.50. The van der Waals surface area contributed by atoms with Gasteiger partial charge in [-0.3, -0.25) is 0 Å². The number of anilines is 1. The first-order valence-electron chi connectivity index (χ1n) is 7.49. The molecule has 0 atom stereocenters. The van der Waals surface area contributed by atoms with Gasteiger partial charge in [-0.05, 0) is 38.0 Å². The molecule has 4 heteroatoms. The number of rotatable bonds is 6. The third-order valence-electron chi connectivity index (χ3n) is 3.04. The van der Waals surface area contributed by atoms with E-state index in [9.17, 15) is 4.79 Å². The molecule has 2 N–H and O–H groups in total. The van der Waals surface area contributed by atoms with Gasteiger partial charge in [-0.1, -0.05) is 42.5 Å². The third kappa shape index (κ3) is 5.13. The molecule has 0 fully saturated rings. The second-order valence-electron chi connectivity index (χ2n) is 5.28. The molecule has 4 nitrogen and oxygen atoms in total. The van der Waals surface area contributed by atoms with E-state index in [4.69, 9.17) is 4.74 Å². The van der Waals surface area contributed by atoms with Crippen molar-refractivity contribution < 1.29 is 9.53 Å². The molecule has 2 aromatic rings. The van der Waals surface area contributed by atoms with Crippen LogP contribution in [0, 0.1) is 0 Å². The average molecular weight is 298 g/mol. The van der Waals surface area contributed by atoms with Gasteiger partial charge in [-0.15, -0.1) is 0 Å². The second-order valence-corrected chi connectivity index (χ2v) is 5.28. The molecule has 0 unspecified atom stereocenters. The van der Waals surface area contributed by atoms with Crippen molar-refractivity contribution in [1.82, 2.24) is 5.32 Å². The van der Waals surface area contributed by atoms with Crippen LogP contribution in [-0.2, 0) is 6.42 Å². The summed E-state index contributed by atoms with van der Waals surface area (Å²) in [6, 6.07) is 17.3. The minimum atomic E-state index is -0.226. The summed E-state index contributed by atoms with van der Waals surface area (Å²) < 4.78 is 5.68. The molecule has 0 aliphatic carbocycles. The number of amides is 2. The van der Waals surface area contributed by atoms with Crippen molar-refractivity contribution in [2.75, 3.05) is 11.9 Å². The van der Waals surface area contributed by atoms with Gasteiger partial charge in [0, 0.05) is 6.54 Å². The van der Waals surface area contributed by atoms with Crippen molar-refractivity contribution in [3.8, 4) is 5.75 Å². The maximum absolute atomic E-state index is 12.0. The van der Waals surface area contributed by atoms with Crippen LogP contribution >= 0.6 is 0 Å². The summed E-state index contributed by atoms with van der Waals surface area (Å²) in [5.74, 6) is 0.677. The summed E-state index contributed by atoms with van der Waals surface area (Å²) in [6.07, 6.45) is 0.863. The maximum atomic E-state index is 12.0. The van der Waals surface area contributed by atoms with E-state index in [1.807, 2.05) is 68.4 Å². The van der Waals surface area contributed by atoms with Gasteiger partial charge in [-0.25, -0.2) is 4.79 Å². The number of ether oxygens (including phenoxy) is 1. The first kappa shape index (κ1) is 15.9. The smallest absolute Gasteiger partial charge is 0.319 e. The molecule has 0 radical (unpaired) electrons. The molecule has 2 rings (SSSR count). The van der Waals surface area contributed by atoms with Crippen LogP contribution in [0.3, 0.4) is 0 Å². The van der Waals surface area contributed by atoms with Crippen molar-refractivity contribution in [2.24, 2.45) is 0 Å². The van der Waals surface area contributed by atoms with E-state index in [2.05, 4.69) is 10.6 Å². The highest BCUT2D eigenvalue weighted by atomic mass is 16.5. The largest absolute Gasteiger partial charge is 0.489 e. The Morgan fingerprint density at radius 2 is 1.73 bits per heavy atom. The zero-order valence-electron chi connectivity index (χ0n) is 13.0. The van der Waals surface area contributed by atoms with E-state index in [0.29, 0.717) is 18.0 Å². The lowest BCUT2D eigenvalue weighted by molar-refractivity contribution is 0.241. The van der Waals surface area contributed by atoms with Gasteiger partial charge in [0.15, 0.2) is 0 Å². The van der Waals surface area contributed by atoms with Crippen LogP contribution in [-0.4, -0.2) is 18.7 Å². The Labute approximate surface area is 131 Å². The highest BCUT2D eigenvalue weighted by Gasteiger charge is 2.08. The molecule has 0 saturated carbocycles. The van der Waals surface area contributed by atoms with Crippen molar-refractivity contribution in [1.29, 1.82) is 0 Å². The molecule has 0 aliphatic rings. The zero-order chi connectivity index (χ0) is 15.8. The fraction of sp³-hybridized carbons (Fsp3) is 0.278. The van der Waals surface area contributed by atoms with Crippen molar-refractivity contribution in [2.45, 2.75) is 26.4 Å². The van der Waals surface area contributed by atoms with Crippen molar-refractivity contribution in [3.63, 3.8) is 0 Å². The standard InChI is InChI=1S/C18H22N2O2/c1-14(2)22-17-11-7-6-10-16(17)20-18(21)19-13-12-15-8-4-3-5-9-15/h3-11,14H,12-13H2,1-2H3,(H2,19,20,21). The molecule has 0 heterocycles. The summed E-state index contributed by atoms with van der Waals surface area (Å²) in [5.41, 5.74) is 1.87. The van der Waals surface area contributed by atoms with Crippen LogP contribution < -0.4 is 15.4 Å². The average Bonchev–Trinajstić information content (AvgIpc) is 2.50. The molecule has 0 aliphatic heterocycles. The van der Waals surface area contributed by atoms with Crippen molar-refractivity contribution >= 4 is 11.7 Å². The maximum Gasteiger partial charge on any atom is 0.319 e. The summed E-state index contributed by atoms with van der Waals surface area (Å²) >= 11 is 0. The van der Waals surface area contributed by atoms with Crippen LogP contribution in [0.1, 0.15) is 19.4 Å². The van der Waals surface area contributed by atoms with Crippen LogP contribution in [0.2, 0.25) is 0 Å². The highest BCUT2D eigenvalue weighted by Crippen LogP contribution is 2.24. The fourth-order valence-electron chi connectivity index (χ4n) is 2.06. The summed E-state index contributed by atoms with van der Waals surface area (Å²) in [5, 5.41) is 5.68. The van der Waals surface area contributed by atoms with Crippen LogP contribution in [0.5, 0.6) is 5.75 Å². The van der Waals surface area contributed by atoms with Gasteiger partial charge in [0.1, 0.15) is 5.75 Å². The third-order valence-corrected chi connectivity index (χ3v) is 3.04. The van der Waals surface area contributed by atoms with E-state index in [1.165, 1.54) is 5.56 Å². The Hall–Kier alpha value is -2.49. The predicted molar refractivity (Wildman–Crippen MR) is 89.4 cm³/mol. The number of nitrogens with one attached hydrogen (secondary N) is 2. The lowest BCUT2D eigenvalue weighted by atomic mass is 10.1. The van der Waals surface area contributed by atoms with Gasteiger partial charge in [0.25, 0.3) is 0 Å². The normalized spacial score (nSPS) is 10.3. The Kier molecular flexibility index (Phi) is 5.83. The molecule has 116 valence electrons. The molecule has 0 bridgehead atoms. The number of para-hydroxylation sites is 2. The molecular formula is C18H22N2O2. The number of hydrogen-bond donors (Lipinski definition) is 2. The Balaban J connectivity index is 1.84. The van der Waals surface area contributed by atoms with Gasteiger partial charge in [-0.2, -0.15) is 0 Å². The summed E-state index contributed by atoms with van der Waals surface area (Å²) in [4.78, 5) is 12.0. The fourth-order valence-corrected chi connectivity index (χ4v) is 2.06. The van der Waals surface area contributed by atoms with E-state index < -0.39 is 0 Å². The van der Waals surface area contributed by atoms with Crippen LogP contribution in [0.4, 0.5) is 10.5 Å². The molecule has 2 amide bonds. The van der Waals surface area contributed by atoms with E-state index >= 15 is 0 Å². The topological polar surface area (TPSA) is 50.4 Å². The monoisotopic (exact) mass is 298 g/mol. The zero-order valence-corrected chi connectivity index (χ0v) is 13.0. The molecule has 22 heavy (non-hydrogen) atoms. The number of benzene rings is 2. The van der Waals surface area contributed by atoms with Crippen LogP contribution in [0.25, 0.3) is 0 Å². The highest BCUT2D eigenvalue weighted by molar-refractivity contribution is 5.90. The number of hydrogen-bond acceptors (Lipinski definition) is 2. The van der Waals surface area contributed by atoms with Crippen molar-refractivity contribution in [3.05, 3.63) is 60.2 Å². The van der Waals surface area contributed by atoms with Gasteiger partial charge in [0.05, 0.1) is 11.8 Å². The SMILES string of the molecule is CC(C)Oc1ccccc1NC(=O)NCCc1ccccc1. The first-order chi connectivity index (χ1) is 10.6. The lowest BCUT2D eigenvalue weighted by Crippen LogP contribution is -2.30. The van der Waals surface area contributed by atoms with Gasteiger partial charge >= 0.3 is 6.03 Å². The predicted octanol–water partition coefficient (Wildman–Crippen LogP) is 3.84. The Morgan fingerprint density at radius 3 is 2.45 bits per heavy atom. The minimum Gasteiger partial charge on any atom is -0.489 e. The molecular weight excluding hydrogens is 276 g/mol. The number of carbonyl (C=O) groups excluding carboxylic acids is 1.